The Bertz CT molecular complexity index is 306. The van der Waals surface area contributed by atoms with E-state index in [4.69, 9.17) is 0 Å². The molecule has 1 nitrogen and oxygen atoms in total. The summed E-state index contributed by atoms with van der Waals surface area (Å²) in [6.07, 6.45) is 2.48. The highest BCUT2D eigenvalue weighted by molar-refractivity contribution is 5.37. The summed E-state index contributed by atoms with van der Waals surface area (Å²) >= 11 is 0. The molecule has 14 heavy (non-hydrogen) atoms. The van der Waals surface area contributed by atoms with E-state index in [1.54, 1.807) is 5.56 Å². The van der Waals surface area contributed by atoms with Gasteiger partial charge < -0.3 is 5.32 Å². The van der Waals surface area contributed by atoms with E-state index in [0.717, 1.165) is 12.5 Å². The summed E-state index contributed by atoms with van der Waals surface area (Å²) in [4.78, 5) is 0. The van der Waals surface area contributed by atoms with E-state index < -0.39 is 0 Å². The molecular weight excluding hydrogens is 170 g/mol. The zero-order chi connectivity index (χ0) is 9.97. The average molecular weight is 189 g/mol. The van der Waals surface area contributed by atoms with Crippen LogP contribution in [0, 0.1) is 0 Å². The van der Waals surface area contributed by atoms with Crippen LogP contribution in [0.2, 0.25) is 0 Å². The minimum absolute atomic E-state index is 0.598. The Labute approximate surface area is 86.5 Å². The first-order valence-corrected chi connectivity index (χ1v) is 5.65. The first-order chi connectivity index (χ1) is 6.83. The highest BCUT2D eigenvalue weighted by Crippen LogP contribution is 2.39. The molecule has 0 fully saturated rings. The lowest BCUT2D eigenvalue weighted by atomic mass is 10.0. The summed E-state index contributed by atoms with van der Waals surface area (Å²) in [6.45, 7) is 5.68. The van der Waals surface area contributed by atoms with Crippen molar-refractivity contribution in [1.29, 1.82) is 0 Å². The molecule has 1 aliphatic carbocycles. The first-order valence-electron chi connectivity index (χ1n) is 5.65. The average Bonchev–Trinajstić information content (AvgIpc) is 2.54. The second kappa shape index (κ2) is 4.14. The number of nitrogens with one attached hydrogen (secondary N) is 1. The van der Waals surface area contributed by atoms with Crippen molar-refractivity contribution in [3.8, 4) is 0 Å². The second-order valence-corrected chi connectivity index (χ2v) is 4.27. The lowest BCUT2D eigenvalue weighted by molar-refractivity contribution is 0.505. The molecule has 1 N–H and O–H groups in total. The number of rotatable bonds is 3. The third-order valence-corrected chi connectivity index (χ3v) is 3.13. The van der Waals surface area contributed by atoms with Crippen molar-refractivity contribution >= 4 is 0 Å². The molecule has 0 amide bonds. The van der Waals surface area contributed by atoms with Crippen LogP contribution in [0.4, 0.5) is 0 Å². The van der Waals surface area contributed by atoms with Crippen molar-refractivity contribution in [2.75, 3.05) is 6.54 Å². The van der Waals surface area contributed by atoms with E-state index in [1.807, 2.05) is 0 Å². The molecule has 0 bridgehead atoms. The fraction of sp³-hybridized carbons (Fsp3) is 0.538. The lowest BCUT2D eigenvalue weighted by Crippen LogP contribution is -2.19. The Morgan fingerprint density at radius 1 is 1.29 bits per heavy atom. The van der Waals surface area contributed by atoms with Gasteiger partial charge in [-0.15, -0.1) is 0 Å². The molecule has 0 aromatic heterocycles. The molecule has 76 valence electrons. The molecule has 1 aromatic carbocycles. The first kappa shape index (κ1) is 9.72. The van der Waals surface area contributed by atoms with Crippen LogP contribution in [0.5, 0.6) is 0 Å². The molecule has 1 aliphatic rings. The van der Waals surface area contributed by atoms with Gasteiger partial charge in [-0.1, -0.05) is 38.1 Å². The van der Waals surface area contributed by atoms with Crippen molar-refractivity contribution < 1.29 is 0 Å². The minimum Gasteiger partial charge on any atom is -0.310 e. The molecule has 2 atom stereocenters. The van der Waals surface area contributed by atoms with Crippen molar-refractivity contribution in [3.05, 3.63) is 35.4 Å². The third kappa shape index (κ3) is 1.69. The van der Waals surface area contributed by atoms with E-state index in [0.29, 0.717) is 6.04 Å². The summed E-state index contributed by atoms with van der Waals surface area (Å²) < 4.78 is 0. The van der Waals surface area contributed by atoms with E-state index >= 15 is 0 Å². The van der Waals surface area contributed by atoms with Gasteiger partial charge in [-0.25, -0.2) is 0 Å². The number of benzene rings is 1. The number of hydrogen-bond acceptors (Lipinski definition) is 1. The van der Waals surface area contributed by atoms with Gasteiger partial charge in [-0.3, -0.25) is 0 Å². The summed E-state index contributed by atoms with van der Waals surface area (Å²) in [5.41, 5.74) is 3.06. The van der Waals surface area contributed by atoms with Crippen molar-refractivity contribution in [2.24, 2.45) is 0 Å². The van der Waals surface area contributed by atoms with Crippen molar-refractivity contribution in [1.82, 2.24) is 5.32 Å². The van der Waals surface area contributed by atoms with Gasteiger partial charge in [-0.2, -0.15) is 0 Å². The molecule has 0 heterocycles. The Hall–Kier alpha value is -0.820. The van der Waals surface area contributed by atoms with Crippen LogP contribution in [0.1, 0.15) is 49.8 Å². The van der Waals surface area contributed by atoms with Gasteiger partial charge in [0.25, 0.3) is 0 Å². The summed E-state index contributed by atoms with van der Waals surface area (Å²) in [7, 11) is 0. The maximum atomic E-state index is 3.62. The van der Waals surface area contributed by atoms with E-state index in [-0.39, 0.29) is 0 Å². The fourth-order valence-corrected chi connectivity index (χ4v) is 2.40. The summed E-state index contributed by atoms with van der Waals surface area (Å²) in [5, 5.41) is 3.62. The van der Waals surface area contributed by atoms with E-state index in [9.17, 15) is 0 Å². The standard InChI is InChI=1S/C13H19N/c1-3-8-14-13-9-10(2)11-6-4-5-7-12(11)13/h4-7,10,13-14H,3,8-9H2,1-2H3. The predicted molar refractivity (Wildman–Crippen MR) is 60.5 cm³/mol. The van der Waals surface area contributed by atoms with Crippen molar-refractivity contribution in [2.45, 2.75) is 38.6 Å². The van der Waals surface area contributed by atoms with Gasteiger partial charge in [-0.05, 0) is 36.4 Å². The highest BCUT2D eigenvalue weighted by Gasteiger charge is 2.26. The quantitative estimate of drug-likeness (QED) is 0.769. The minimum atomic E-state index is 0.598. The van der Waals surface area contributed by atoms with Crippen molar-refractivity contribution in [3.63, 3.8) is 0 Å². The van der Waals surface area contributed by atoms with Gasteiger partial charge in [0, 0.05) is 6.04 Å². The topological polar surface area (TPSA) is 12.0 Å². The van der Waals surface area contributed by atoms with Crippen LogP contribution >= 0.6 is 0 Å². The van der Waals surface area contributed by atoms with E-state index in [1.165, 1.54) is 18.4 Å². The maximum Gasteiger partial charge on any atom is 0.0328 e. The van der Waals surface area contributed by atoms with Gasteiger partial charge in [0.05, 0.1) is 0 Å². The third-order valence-electron chi connectivity index (χ3n) is 3.13. The Balaban J connectivity index is 2.17. The molecule has 2 rings (SSSR count). The molecular formula is C13H19N. The summed E-state index contributed by atoms with van der Waals surface area (Å²) in [6, 6.07) is 9.44. The molecule has 1 aromatic rings. The molecule has 0 aliphatic heterocycles. The zero-order valence-corrected chi connectivity index (χ0v) is 9.09. The lowest BCUT2D eigenvalue weighted by Gasteiger charge is -2.12. The zero-order valence-electron chi connectivity index (χ0n) is 9.09. The molecule has 0 saturated carbocycles. The molecule has 0 spiro atoms. The van der Waals surface area contributed by atoms with E-state index in [2.05, 4.69) is 43.4 Å². The molecule has 0 radical (unpaired) electrons. The van der Waals surface area contributed by atoms with Gasteiger partial charge in [0.2, 0.25) is 0 Å². The van der Waals surface area contributed by atoms with Crippen LogP contribution in [0.15, 0.2) is 24.3 Å². The molecule has 0 saturated heterocycles. The highest BCUT2D eigenvalue weighted by atomic mass is 14.9. The SMILES string of the molecule is CCCNC1CC(C)c2ccccc21. The van der Waals surface area contributed by atoms with Gasteiger partial charge in [0.1, 0.15) is 0 Å². The normalized spacial score (nSPS) is 25.0. The van der Waals surface area contributed by atoms with Crippen LogP contribution in [0.25, 0.3) is 0 Å². The predicted octanol–water partition coefficient (Wildman–Crippen LogP) is 3.23. The number of hydrogen-bond donors (Lipinski definition) is 1. The van der Waals surface area contributed by atoms with Crippen LogP contribution in [0.3, 0.4) is 0 Å². The second-order valence-electron chi connectivity index (χ2n) is 4.27. The monoisotopic (exact) mass is 189 g/mol. The number of fused-ring (bicyclic) bond motifs is 1. The summed E-state index contributed by atoms with van der Waals surface area (Å²) in [5.74, 6) is 0.723. The largest absolute Gasteiger partial charge is 0.310 e. The molecule has 2 unspecified atom stereocenters. The van der Waals surface area contributed by atoms with Gasteiger partial charge in [0.15, 0.2) is 0 Å². The fourth-order valence-electron chi connectivity index (χ4n) is 2.40. The van der Waals surface area contributed by atoms with Crippen LogP contribution in [-0.4, -0.2) is 6.54 Å². The Kier molecular flexibility index (Phi) is 2.87. The Morgan fingerprint density at radius 3 is 2.71 bits per heavy atom. The van der Waals surface area contributed by atoms with Gasteiger partial charge >= 0.3 is 0 Å². The maximum absolute atomic E-state index is 3.62. The van der Waals surface area contributed by atoms with Crippen LogP contribution in [-0.2, 0) is 0 Å². The van der Waals surface area contributed by atoms with Crippen LogP contribution < -0.4 is 5.32 Å². The smallest absolute Gasteiger partial charge is 0.0328 e. The molecule has 1 heteroatoms. The Morgan fingerprint density at radius 2 is 2.00 bits per heavy atom.